The SMILES string of the molecule is CN(C)C(=O)c1cccc(CCNC(=O)C2CC(F)(F)CN2)c1.Cl. The van der Waals surface area contributed by atoms with E-state index in [1.165, 1.54) is 4.90 Å². The molecule has 24 heavy (non-hydrogen) atoms. The number of hydrogen-bond donors (Lipinski definition) is 2. The number of rotatable bonds is 5. The van der Waals surface area contributed by atoms with E-state index in [0.29, 0.717) is 18.5 Å². The first-order chi connectivity index (χ1) is 10.8. The maximum Gasteiger partial charge on any atom is 0.262 e. The number of amides is 2. The molecule has 1 heterocycles. The van der Waals surface area contributed by atoms with Gasteiger partial charge in [-0.3, -0.25) is 14.9 Å². The molecule has 0 spiro atoms. The second-order valence-electron chi connectivity index (χ2n) is 5.93. The van der Waals surface area contributed by atoms with Crippen molar-refractivity contribution in [3.8, 4) is 0 Å². The lowest BCUT2D eigenvalue weighted by atomic mass is 10.1. The van der Waals surface area contributed by atoms with Gasteiger partial charge in [0.05, 0.1) is 12.6 Å². The van der Waals surface area contributed by atoms with Gasteiger partial charge in [0, 0.05) is 32.6 Å². The molecular formula is C16H22ClF2N3O2. The molecule has 1 aromatic rings. The van der Waals surface area contributed by atoms with Gasteiger partial charge in [-0.05, 0) is 24.1 Å². The highest BCUT2D eigenvalue weighted by atomic mass is 35.5. The number of nitrogens with one attached hydrogen (secondary N) is 2. The Balaban J connectivity index is 0.00000288. The van der Waals surface area contributed by atoms with Crippen LogP contribution in [-0.2, 0) is 11.2 Å². The molecule has 2 rings (SSSR count). The number of hydrogen-bond acceptors (Lipinski definition) is 3. The van der Waals surface area contributed by atoms with Crippen molar-refractivity contribution in [2.45, 2.75) is 24.8 Å². The van der Waals surface area contributed by atoms with Crippen LogP contribution in [0.15, 0.2) is 24.3 Å². The molecule has 1 aliphatic rings. The average molecular weight is 362 g/mol. The minimum Gasteiger partial charge on any atom is -0.354 e. The molecule has 2 amide bonds. The molecule has 0 radical (unpaired) electrons. The molecule has 1 saturated heterocycles. The average Bonchev–Trinajstić information content (AvgIpc) is 2.87. The van der Waals surface area contributed by atoms with Crippen LogP contribution in [0, 0.1) is 0 Å². The third-order valence-electron chi connectivity index (χ3n) is 3.72. The van der Waals surface area contributed by atoms with Crippen LogP contribution in [0.4, 0.5) is 8.78 Å². The predicted molar refractivity (Wildman–Crippen MR) is 89.8 cm³/mol. The van der Waals surface area contributed by atoms with Crippen molar-refractivity contribution >= 4 is 24.2 Å². The van der Waals surface area contributed by atoms with Gasteiger partial charge in [-0.25, -0.2) is 8.78 Å². The van der Waals surface area contributed by atoms with Crippen molar-refractivity contribution < 1.29 is 18.4 Å². The Kier molecular flexibility index (Phi) is 7.10. The van der Waals surface area contributed by atoms with E-state index in [1.54, 1.807) is 32.3 Å². The number of benzene rings is 1. The summed E-state index contributed by atoms with van der Waals surface area (Å²) in [6.45, 7) is -0.123. The van der Waals surface area contributed by atoms with Crippen LogP contribution in [0.5, 0.6) is 0 Å². The Bertz CT molecular complexity index is 596. The molecule has 1 atom stereocenters. The summed E-state index contributed by atoms with van der Waals surface area (Å²) in [4.78, 5) is 25.2. The normalized spacial score (nSPS) is 18.6. The lowest BCUT2D eigenvalue weighted by molar-refractivity contribution is -0.123. The highest BCUT2D eigenvalue weighted by molar-refractivity contribution is 5.94. The molecule has 0 aliphatic carbocycles. The highest BCUT2D eigenvalue weighted by Crippen LogP contribution is 2.24. The lowest BCUT2D eigenvalue weighted by Gasteiger charge is -2.13. The number of alkyl halides is 2. The third-order valence-corrected chi connectivity index (χ3v) is 3.72. The van der Waals surface area contributed by atoms with Crippen molar-refractivity contribution in [3.05, 3.63) is 35.4 Å². The van der Waals surface area contributed by atoms with E-state index in [-0.39, 0.29) is 18.3 Å². The van der Waals surface area contributed by atoms with E-state index in [9.17, 15) is 18.4 Å². The lowest BCUT2D eigenvalue weighted by Crippen LogP contribution is -2.41. The van der Waals surface area contributed by atoms with Gasteiger partial charge in [-0.2, -0.15) is 0 Å². The fourth-order valence-electron chi connectivity index (χ4n) is 2.47. The van der Waals surface area contributed by atoms with Crippen LogP contribution in [0.3, 0.4) is 0 Å². The van der Waals surface area contributed by atoms with E-state index in [0.717, 1.165) is 5.56 Å². The summed E-state index contributed by atoms with van der Waals surface area (Å²) < 4.78 is 26.1. The summed E-state index contributed by atoms with van der Waals surface area (Å²) >= 11 is 0. The highest BCUT2D eigenvalue weighted by Gasteiger charge is 2.42. The van der Waals surface area contributed by atoms with Gasteiger partial charge in [-0.15, -0.1) is 12.4 Å². The molecule has 1 aromatic carbocycles. The van der Waals surface area contributed by atoms with Gasteiger partial charge in [0.25, 0.3) is 11.8 Å². The molecule has 0 saturated carbocycles. The maximum atomic E-state index is 13.0. The zero-order chi connectivity index (χ0) is 17.0. The second-order valence-corrected chi connectivity index (χ2v) is 5.93. The molecule has 134 valence electrons. The minimum atomic E-state index is -2.82. The summed E-state index contributed by atoms with van der Waals surface area (Å²) in [5.74, 6) is -3.32. The predicted octanol–water partition coefficient (Wildman–Crippen LogP) is 1.47. The Morgan fingerprint density at radius 1 is 1.38 bits per heavy atom. The van der Waals surface area contributed by atoms with Crippen molar-refractivity contribution in [3.63, 3.8) is 0 Å². The summed E-state index contributed by atoms with van der Waals surface area (Å²) in [6, 6.07) is 6.31. The second kappa shape index (κ2) is 8.39. The first-order valence-electron chi connectivity index (χ1n) is 7.48. The fraction of sp³-hybridized carbons (Fsp3) is 0.500. The van der Waals surface area contributed by atoms with Crippen molar-refractivity contribution in [2.24, 2.45) is 0 Å². The molecule has 1 fully saturated rings. The van der Waals surface area contributed by atoms with Gasteiger partial charge in [-0.1, -0.05) is 12.1 Å². The first-order valence-corrected chi connectivity index (χ1v) is 7.48. The fourth-order valence-corrected chi connectivity index (χ4v) is 2.47. The van der Waals surface area contributed by atoms with Gasteiger partial charge in [0.2, 0.25) is 5.91 Å². The third kappa shape index (κ3) is 5.42. The Hall–Kier alpha value is -1.73. The van der Waals surface area contributed by atoms with Crippen molar-refractivity contribution in [2.75, 3.05) is 27.2 Å². The summed E-state index contributed by atoms with van der Waals surface area (Å²) in [5, 5.41) is 5.17. The molecule has 0 bridgehead atoms. The van der Waals surface area contributed by atoms with E-state index in [1.807, 2.05) is 6.07 Å². The largest absolute Gasteiger partial charge is 0.354 e. The molecule has 5 nitrogen and oxygen atoms in total. The minimum absolute atomic E-state index is 0. The van der Waals surface area contributed by atoms with Gasteiger partial charge >= 0.3 is 0 Å². The van der Waals surface area contributed by atoms with E-state index >= 15 is 0 Å². The number of halogens is 3. The van der Waals surface area contributed by atoms with Crippen LogP contribution < -0.4 is 10.6 Å². The van der Waals surface area contributed by atoms with E-state index < -0.39 is 30.8 Å². The monoisotopic (exact) mass is 361 g/mol. The molecule has 1 unspecified atom stereocenters. The number of carbonyl (C=O) groups is 2. The van der Waals surface area contributed by atoms with Crippen molar-refractivity contribution in [1.82, 2.24) is 15.5 Å². The number of carbonyl (C=O) groups excluding carboxylic acids is 2. The number of nitrogens with zero attached hydrogens (tertiary/aromatic N) is 1. The first kappa shape index (κ1) is 20.3. The van der Waals surface area contributed by atoms with Gasteiger partial charge in [0.1, 0.15) is 0 Å². The van der Waals surface area contributed by atoms with Gasteiger partial charge < -0.3 is 10.2 Å². The quantitative estimate of drug-likeness (QED) is 0.835. The summed E-state index contributed by atoms with van der Waals surface area (Å²) in [6.07, 6.45) is 0.0645. The van der Waals surface area contributed by atoms with Gasteiger partial charge in [0.15, 0.2) is 0 Å². The van der Waals surface area contributed by atoms with E-state index in [2.05, 4.69) is 10.6 Å². The van der Waals surface area contributed by atoms with Crippen LogP contribution >= 0.6 is 12.4 Å². The summed E-state index contributed by atoms with van der Waals surface area (Å²) in [7, 11) is 3.36. The zero-order valence-corrected chi connectivity index (χ0v) is 14.5. The molecule has 0 aromatic heterocycles. The Morgan fingerprint density at radius 2 is 2.08 bits per heavy atom. The molecule has 1 aliphatic heterocycles. The van der Waals surface area contributed by atoms with Crippen molar-refractivity contribution in [1.29, 1.82) is 0 Å². The topological polar surface area (TPSA) is 61.4 Å². The van der Waals surface area contributed by atoms with Crippen LogP contribution in [0.2, 0.25) is 0 Å². The molecular weight excluding hydrogens is 340 g/mol. The maximum absolute atomic E-state index is 13.0. The van der Waals surface area contributed by atoms with Crippen LogP contribution in [0.25, 0.3) is 0 Å². The Morgan fingerprint density at radius 3 is 2.67 bits per heavy atom. The Labute approximate surface area is 146 Å². The zero-order valence-electron chi connectivity index (χ0n) is 13.6. The standard InChI is InChI=1S/C16H21F2N3O2.ClH/c1-21(2)15(23)12-5-3-4-11(8-12)6-7-19-14(22)13-9-16(17,18)10-20-13;/h3-5,8,13,20H,6-7,9-10H2,1-2H3,(H,19,22);1H. The van der Waals surface area contributed by atoms with Crippen LogP contribution in [0.1, 0.15) is 22.3 Å². The molecule has 2 N–H and O–H groups in total. The van der Waals surface area contributed by atoms with Crippen LogP contribution in [-0.4, -0.2) is 55.9 Å². The molecule has 8 heteroatoms. The van der Waals surface area contributed by atoms with E-state index in [4.69, 9.17) is 0 Å². The summed E-state index contributed by atoms with van der Waals surface area (Å²) in [5.41, 5.74) is 1.48. The smallest absolute Gasteiger partial charge is 0.262 e.